The van der Waals surface area contributed by atoms with Gasteiger partial charge in [0.05, 0.1) is 5.75 Å². The Morgan fingerprint density at radius 2 is 1.43 bits per heavy atom. The minimum Gasteiger partial charge on any atom is -0.480 e. The predicted octanol–water partition coefficient (Wildman–Crippen LogP) is -1.32. The minimum absolute atomic E-state index is 0.403. The van der Waals surface area contributed by atoms with E-state index in [0.29, 0.717) is 0 Å². The fraction of sp³-hybridized carbons (Fsp3) is 0.889. The summed E-state index contributed by atoms with van der Waals surface area (Å²) in [4.78, 5) is 10.3. The van der Waals surface area contributed by atoms with E-state index in [1.807, 2.05) is 0 Å². The number of carbonyl (C=O) groups is 1. The zero-order valence-electron chi connectivity index (χ0n) is 12.1. The molecule has 0 rings (SSSR count). The number of hydrogen-bond donors (Lipinski definition) is 5. The Hall–Kier alpha value is -0.790. The molecule has 0 aliphatic rings. The van der Waals surface area contributed by atoms with E-state index >= 15 is 0 Å². The van der Waals surface area contributed by atoms with Gasteiger partial charge >= 0.3 is 5.97 Å². The van der Waals surface area contributed by atoms with Crippen LogP contribution in [0, 0.1) is 0 Å². The molecular weight excluding hydrogens is 328 g/mol. The van der Waals surface area contributed by atoms with Crippen LogP contribution in [-0.4, -0.2) is 59.1 Å². The fourth-order valence-corrected chi connectivity index (χ4v) is 2.29. The molecule has 0 aliphatic heterocycles. The largest absolute Gasteiger partial charge is 0.480 e. The van der Waals surface area contributed by atoms with E-state index in [2.05, 4.69) is 0 Å². The molecule has 12 heteroatoms. The molecule has 0 aromatic rings. The average molecular weight is 350 g/mol. The molecule has 0 saturated carbocycles. The molecule has 0 radical (unpaired) electrons. The Morgan fingerprint density at radius 1 is 1.10 bits per heavy atom. The summed E-state index contributed by atoms with van der Waals surface area (Å²) in [5, 5.41) is 8.38. The van der Waals surface area contributed by atoms with Crippen LogP contribution in [0.2, 0.25) is 0 Å². The van der Waals surface area contributed by atoms with Gasteiger partial charge in [0.1, 0.15) is 10.8 Å². The van der Waals surface area contributed by atoms with Crippen molar-refractivity contribution in [3.63, 3.8) is 0 Å². The van der Waals surface area contributed by atoms with E-state index in [4.69, 9.17) is 25.7 Å². The third-order valence-corrected chi connectivity index (χ3v) is 4.93. The normalized spacial score (nSPS) is 14.9. The Kier molecular flexibility index (Phi) is 7.48. The van der Waals surface area contributed by atoms with Crippen LogP contribution in [0.5, 0.6) is 0 Å². The Balaban J connectivity index is 0. The van der Waals surface area contributed by atoms with Crippen LogP contribution in [-0.2, 0) is 25.0 Å². The molecule has 0 aromatic carbocycles. The summed E-state index contributed by atoms with van der Waals surface area (Å²) in [5.74, 6) is -1.88. The van der Waals surface area contributed by atoms with Gasteiger partial charge in [0.25, 0.3) is 20.2 Å². The van der Waals surface area contributed by atoms with Crippen molar-refractivity contribution in [2.45, 2.75) is 44.0 Å². The summed E-state index contributed by atoms with van der Waals surface area (Å²) in [6.45, 7) is 5.14. The van der Waals surface area contributed by atoms with E-state index in [0.717, 1.165) is 13.8 Å². The van der Waals surface area contributed by atoms with E-state index < -0.39 is 48.3 Å². The topological polar surface area (TPSA) is 198 Å². The molecule has 0 spiro atoms. The molecule has 1 atom stereocenters. The zero-order chi connectivity index (χ0) is 17.9. The van der Waals surface area contributed by atoms with Gasteiger partial charge in [0, 0.05) is 5.54 Å². The van der Waals surface area contributed by atoms with Crippen LogP contribution in [0.4, 0.5) is 0 Å². The van der Waals surface area contributed by atoms with Crippen LogP contribution >= 0.6 is 0 Å². The average Bonchev–Trinajstić information content (AvgIpc) is 2.09. The van der Waals surface area contributed by atoms with E-state index in [1.165, 1.54) is 13.8 Å². The van der Waals surface area contributed by atoms with Crippen LogP contribution < -0.4 is 11.5 Å². The van der Waals surface area contributed by atoms with Crippen molar-refractivity contribution in [1.82, 2.24) is 0 Å². The standard InChI is InChI=1S/C5H11NO5S.C4H11NO3S/c1-5(2,12(9,10)11)3(6)4(7)8;1-4(2,5)3-9(6,7)8/h3H,6H2,1-2H3,(H,7,8)(H,9,10,11);3,5H2,1-2H3,(H,6,7,8). The van der Waals surface area contributed by atoms with Gasteiger partial charge in [-0.2, -0.15) is 16.8 Å². The molecule has 128 valence electrons. The zero-order valence-corrected chi connectivity index (χ0v) is 13.8. The number of hydrogen-bond acceptors (Lipinski definition) is 7. The molecule has 0 heterocycles. The van der Waals surface area contributed by atoms with E-state index in [1.54, 1.807) is 0 Å². The van der Waals surface area contributed by atoms with Gasteiger partial charge in [0.2, 0.25) is 0 Å². The summed E-state index contributed by atoms with van der Waals surface area (Å²) in [5.41, 5.74) is 9.47. The molecule has 1 unspecified atom stereocenters. The molecule has 0 aliphatic carbocycles. The summed E-state index contributed by atoms with van der Waals surface area (Å²) in [6.07, 6.45) is 0. The van der Waals surface area contributed by atoms with Gasteiger partial charge in [-0.1, -0.05) is 0 Å². The highest BCUT2D eigenvalue weighted by molar-refractivity contribution is 7.87. The van der Waals surface area contributed by atoms with Crippen LogP contribution in [0.1, 0.15) is 27.7 Å². The third kappa shape index (κ3) is 9.71. The van der Waals surface area contributed by atoms with Crippen molar-refractivity contribution in [3.05, 3.63) is 0 Å². The second-order valence-electron chi connectivity index (χ2n) is 5.61. The Morgan fingerprint density at radius 3 is 1.48 bits per heavy atom. The SMILES string of the molecule is CC(C)(C(N)C(=O)O)S(=O)(=O)O.CC(C)(N)CS(=O)(=O)O. The van der Waals surface area contributed by atoms with E-state index in [-0.39, 0.29) is 0 Å². The molecular formula is C9H22N2O8S2. The number of carboxylic acid groups (broad SMARTS) is 1. The van der Waals surface area contributed by atoms with Crippen molar-refractivity contribution in [1.29, 1.82) is 0 Å². The summed E-state index contributed by atoms with van der Waals surface area (Å²) < 4.78 is 56.4. The lowest BCUT2D eigenvalue weighted by atomic mass is 10.1. The molecule has 7 N–H and O–H groups in total. The van der Waals surface area contributed by atoms with Gasteiger partial charge in [0.15, 0.2) is 0 Å². The molecule has 0 saturated heterocycles. The first-order chi connectivity index (χ1) is 8.81. The lowest BCUT2D eigenvalue weighted by Crippen LogP contribution is -2.53. The first-order valence-corrected chi connectivity index (χ1v) is 8.55. The van der Waals surface area contributed by atoms with E-state index in [9.17, 15) is 21.6 Å². The second kappa shape index (κ2) is 6.98. The fourth-order valence-electron chi connectivity index (χ4n) is 0.928. The molecule has 0 fully saturated rings. The lowest BCUT2D eigenvalue weighted by Gasteiger charge is -2.24. The van der Waals surface area contributed by atoms with Gasteiger partial charge in [-0.25, -0.2) is 0 Å². The highest BCUT2D eigenvalue weighted by Gasteiger charge is 2.43. The lowest BCUT2D eigenvalue weighted by molar-refractivity contribution is -0.139. The number of nitrogens with two attached hydrogens (primary N) is 2. The monoisotopic (exact) mass is 350 g/mol. The van der Waals surface area contributed by atoms with Crippen molar-refractivity contribution >= 4 is 26.2 Å². The van der Waals surface area contributed by atoms with Crippen molar-refractivity contribution in [2.75, 3.05) is 5.75 Å². The number of rotatable bonds is 5. The Labute approximate surface area is 124 Å². The molecule has 0 aromatic heterocycles. The van der Waals surface area contributed by atoms with Gasteiger partial charge < -0.3 is 16.6 Å². The molecule has 10 nitrogen and oxygen atoms in total. The quantitative estimate of drug-likeness (QED) is 0.370. The van der Waals surface area contributed by atoms with Crippen LogP contribution in [0.3, 0.4) is 0 Å². The van der Waals surface area contributed by atoms with Crippen molar-refractivity contribution in [3.8, 4) is 0 Å². The summed E-state index contributed by atoms with van der Waals surface area (Å²) in [6, 6.07) is -1.65. The first kappa shape index (κ1) is 22.5. The van der Waals surface area contributed by atoms with Gasteiger partial charge in [-0.05, 0) is 27.7 Å². The molecule has 0 bridgehead atoms. The predicted molar refractivity (Wildman–Crippen MR) is 75.9 cm³/mol. The van der Waals surface area contributed by atoms with Crippen LogP contribution in [0.15, 0.2) is 0 Å². The summed E-state index contributed by atoms with van der Waals surface area (Å²) >= 11 is 0. The first-order valence-electron chi connectivity index (χ1n) is 5.51. The third-order valence-electron chi connectivity index (χ3n) is 2.23. The minimum atomic E-state index is -4.45. The van der Waals surface area contributed by atoms with Gasteiger partial charge in [-0.3, -0.25) is 13.9 Å². The molecule has 21 heavy (non-hydrogen) atoms. The van der Waals surface area contributed by atoms with Crippen molar-refractivity contribution in [2.24, 2.45) is 11.5 Å². The maximum atomic E-state index is 10.6. The highest BCUT2D eigenvalue weighted by Crippen LogP contribution is 2.18. The van der Waals surface area contributed by atoms with Crippen molar-refractivity contribution < 1.29 is 35.8 Å². The number of carboxylic acids is 1. The molecule has 0 amide bonds. The van der Waals surface area contributed by atoms with Gasteiger partial charge in [-0.15, -0.1) is 0 Å². The smallest absolute Gasteiger partial charge is 0.322 e. The maximum Gasteiger partial charge on any atom is 0.322 e. The highest BCUT2D eigenvalue weighted by atomic mass is 32.2. The maximum absolute atomic E-state index is 10.6. The second-order valence-corrected chi connectivity index (χ2v) is 9.06. The Bertz CT molecular complexity index is 559. The van der Waals surface area contributed by atoms with Crippen LogP contribution in [0.25, 0.3) is 0 Å². The number of aliphatic carboxylic acids is 1. The summed E-state index contributed by atoms with van der Waals surface area (Å²) in [7, 11) is -8.36.